The van der Waals surface area contributed by atoms with E-state index >= 15 is 0 Å². The van der Waals surface area contributed by atoms with Crippen LogP contribution in [0, 0.1) is 17.8 Å². The van der Waals surface area contributed by atoms with Gasteiger partial charge >= 0.3 is 29.6 Å². The van der Waals surface area contributed by atoms with Gasteiger partial charge in [0.2, 0.25) is 5.91 Å². The molecule has 2 aliphatic carbocycles. The van der Waals surface area contributed by atoms with E-state index in [0.29, 0.717) is 25.2 Å². The van der Waals surface area contributed by atoms with E-state index in [1.165, 1.54) is 25.7 Å². The Kier molecular flexibility index (Phi) is 7.56. The first-order valence-electron chi connectivity index (χ1n) is 7.55. The molecule has 4 nitrogen and oxygen atoms in total. The van der Waals surface area contributed by atoms with Crippen LogP contribution in [-0.4, -0.2) is 17.9 Å². The smallest absolute Gasteiger partial charge is 0.550 e. The summed E-state index contributed by atoms with van der Waals surface area (Å²) in [5, 5.41) is 13.4. The molecule has 0 spiro atoms. The van der Waals surface area contributed by atoms with Crippen LogP contribution in [0.1, 0.15) is 58.3 Å². The monoisotopic (exact) mass is 289 g/mol. The fourth-order valence-corrected chi connectivity index (χ4v) is 3.89. The molecule has 2 aliphatic rings. The van der Waals surface area contributed by atoms with E-state index in [4.69, 9.17) is 0 Å². The molecule has 4 atom stereocenters. The Balaban J connectivity index is 0.00000200. The van der Waals surface area contributed by atoms with Crippen molar-refractivity contribution in [2.45, 2.75) is 64.3 Å². The number of rotatable bonds is 7. The van der Waals surface area contributed by atoms with Crippen molar-refractivity contribution in [3.05, 3.63) is 0 Å². The minimum atomic E-state index is -1.03. The van der Waals surface area contributed by atoms with Gasteiger partial charge in [-0.25, -0.2) is 0 Å². The summed E-state index contributed by atoms with van der Waals surface area (Å²) < 4.78 is 0. The summed E-state index contributed by atoms with van der Waals surface area (Å²) in [5.74, 6) is 1.41. The van der Waals surface area contributed by atoms with E-state index in [9.17, 15) is 14.7 Å². The van der Waals surface area contributed by atoms with Crippen LogP contribution in [0.4, 0.5) is 0 Å². The first-order valence-corrected chi connectivity index (χ1v) is 7.55. The molecule has 0 heterocycles. The molecule has 20 heavy (non-hydrogen) atoms. The van der Waals surface area contributed by atoms with Gasteiger partial charge in [-0.1, -0.05) is 6.42 Å². The van der Waals surface area contributed by atoms with Crippen LogP contribution >= 0.6 is 0 Å². The molecule has 0 radical (unpaired) electrons. The van der Waals surface area contributed by atoms with Crippen molar-refractivity contribution in [1.29, 1.82) is 0 Å². The first kappa shape index (κ1) is 18.0. The van der Waals surface area contributed by atoms with Gasteiger partial charge in [-0.3, -0.25) is 4.79 Å². The number of unbranched alkanes of at least 4 members (excludes halogenated alkanes) is 1. The second kappa shape index (κ2) is 8.40. The number of hydrogen-bond acceptors (Lipinski definition) is 3. The van der Waals surface area contributed by atoms with Crippen molar-refractivity contribution >= 4 is 11.9 Å². The van der Waals surface area contributed by atoms with Gasteiger partial charge in [-0.15, -0.1) is 0 Å². The maximum atomic E-state index is 11.8. The van der Waals surface area contributed by atoms with Crippen LogP contribution in [0.25, 0.3) is 0 Å². The molecule has 108 valence electrons. The summed E-state index contributed by atoms with van der Waals surface area (Å²) in [4.78, 5) is 22.0. The van der Waals surface area contributed by atoms with Gasteiger partial charge in [0.05, 0.1) is 0 Å². The first-order chi connectivity index (χ1) is 9.06. The summed E-state index contributed by atoms with van der Waals surface area (Å²) in [7, 11) is 0. The average molecular weight is 289 g/mol. The molecule has 4 unspecified atom stereocenters. The van der Waals surface area contributed by atoms with E-state index in [-0.39, 0.29) is 47.9 Å². The normalized spacial score (nSPS) is 28.8. The van der Waals surface area contributed by atoms with Gasteiger partial charge in [0, 0.05) is 18.4 Å². The summed E-state index contributed by atoms with van der Waals surface area (Å²) >= 11 is 0. The summed E-state index contributed by atoms with van der Waals surface area (Å²) in [5.41, 5.74) is 0. The molecule has 1 amide bonds. The number of carbonyl (C=O) groups excluding carboxylic acids is 2. The molecule has 0 aromatic rings. The summed E-state index contributed by atoms with van der Waals surface area (Å²) in [6.45, 7) is 2.12. The van der Waals surface area contributed by atoms with Crippen molar-refractivity contribution < 1.29 is 44.3 Å². The molecule has 2 bridgehead atoms. The zero-order chi connectivity index (χ0) is 13.8. The molecular weight excluding hydrogens is 265 g/mol. The quantitative estimate of drug-likeness (QED) is 0.446. The van der Waals surface area contributed by atoms with Crippen molar-refractivity contribution in [1.82, 2.24) is 5.32 Å². The predicted molar refractivity (Wildman–Crippen MR) is 70.0 cm³/mol. The third kappa shape index (κ3) is 5.05. The number of aliphatic carboxylic acids is 1. The van der Waals surface area contributed by atoms with E-state index < -0.39 is 5.97 Å². The van der Waals surface area contributed by atoms with Crippen LogP contribution in [-0.2, 0) is 9.59 Å². The molecule has 0 aromatic carbocycles. The van der Waals surface area contributed by atoms with E-state index in [1.54, 1.807) is 0 Å². The number of carboxylic acid groups (broad SMARTS) is 1. The Bertz CT molecular complexity index is 348. The van der Waals surface area contributed by atoms with Crippen LogP contribution in [0.5, 0.6) is 0 Å². The minimum absolute atomic E-state index is 0. The fourth-order valence-electron chi connectivity index (χ4n) is 3.89. The van der Waals surface area contributed by atoms with Crippen molar-refractivity contribution in [2.75, 3.05) is 0 Å². The van der Waals surface area contributed by atoms with Crippen molar-refractivity contribution in [2.24, 2.45) is 17.8 Å². The second-order valence-electron chi connectivity index (χ2n) is 6.27. The number of amides is 1. The average Bonchev–Trinajstić information content (AvgIpc) is 2.96. The molecule has 0 saturated heterocycles. The van der Waals surface area contributed by atoms with Gasteiger partial charge in [0.15, 0.2) is 0 Å². The molecule has 5 heteroatoms. The Morgan fingerprint density at radius 2 is 1.90 bits per heavy atom. The van der Waals surface area contributed by atoms with Gasteiger partial charge in [0.25, 0.3) is 0 Å². The van der Waals surface area contributed by atoms with Crippen molar-refractivity contribution in [3.63, 3.8) is 0 Å². The van der Waals surface area contributed by atoms with Gasteiger partial charge in [0.1, 0.15) is 0 Å². The fraction of sp³-hybridized carbons (Fsp3) is 0.867. The molecule has 1 N–H and O–H groups in total. The van der Waals surface area contributed by atoms with E-state index in [0.717, 1.165) is 11.8 Å². The Labute approximate surface area is 143 Å². The number of carboxylic acids is 1. The van der Waals surface area contributed by atoms with Gasteiger partial charge < -0.3 is 15.2 Å². The maximum absolute atomic E-state index is 11.8. The van der Waals surface area contributed by atoms with E-state index in [2.05, 4.69) is 12.2 Å². The van der Waals surface area contributed by atoms with Crippen LogP contribution < -0.4 is 40.0 Å². The number of fused-ring (bicyclic) bond motifs is 2. The van der Waals surface area contributed by atoms with Crippen molar-refractivity contribution in [3.8, 4) is 0 Å². The van der Waals surface area contributed by atoms with E-state index in [1.807, 2.05) is 0 Å². The molecular formula is C15H24NNaO3. The van der Waals surface area contributed by atoms with Gasteiger partial charge in [-0.2, -0.15) is 0 Å². The van der Waals surface area contributed by atoms with Crippen LogP contribution in [0.3, 0.4) is 0 Å². The molecule has 0 aromatic heterocycles. The predicted octanol–water partition coefficient (Wildman–Crippen LogP) is -1.76. The number of nitrogens with one attached hydrogen (secondary N) is 1. The second-order valence-corrected chi connectivity index (χ2v) is 6.27. The third-order valence-corrected chi connectivity index (χ3v) is 4.86. The molecule has 0 aliphatic heterocycles. The summed E-state index contributed by atoms with van der Waals surface area (Å²) in [6, 6.07) is 0.268. The zero-order valence-corrected chi connectivity index (χ0v) is 14.7. The minimum Gasteiger partial charge on any atom is -0.550 e. The van der Waals surface area contributed by atoms with Crippen LogP contribution in [0.15, 0.2) is 0 Å². The van der Waals surface area contributed by atoms with Gasteiger partial charge in [-0.05, 0) is 63.2 Å². The maximum Gasteiger partial charge on any atom is 1.00 e. The molecule has 2 rings (SSSR count). The summed E-state index contributed by atoms with van der Waals surface area (Å²) in [6.07, 6.45) is 6.98. The van der Waals surface area contributed by atoms with Crippen LogP contribution in [0.2, 0.25) is 0 Å². The SMILES string of the molecule is CC(NC(=O)CCCCC(=O)[O-])C1CC2CCC1C2.[Na+]. The zero-order valence-electron chi connectivity index (χ0n) is 12.7. The Morgan fingerprint density at radius 1 is 1.20 bits per heavy atom. The molecule has 2 fully saturated rings. The molecule has 2 saturated carbocycles. The Morgan fingerprint density at radius 3 is 2.45 bits per heavy atom. The standard InChI is InChI=1S/C15H25NO3.Na/c1-10(13-9-11-6-7-12(13)8-11)16-14(17)4-2-3-5-15(18)19;/h10-13H,2-9H2,1H3,(H,16,17)(H,18,19);/q;+1/p-1. The Hall–Kier alpha value is -0.0600. The third-order valence-electron chi connectivity index (χ3n) is 4.86. The number of hydrogen-bond donors (Lipinski definition) is 1. The number of carbonyl (C=O) groups is 2. The topological polar surface area (TPSA) is 69.2 Å². The largest absolute Gasteiger partial charge is 1.00 e.